The summed E-state index contributed by atoms with van der Waals surface area (Å²) in [6.07, 6.45) is 4.26. The lowest BCUT2D eigenvalue weighted by molar-refractivity contribution is -0.117. The fraction of sp³-hybridized carbons (Fsp3) is 0.269. The van der Waals surface area contributed by atoms with Crippen LogP contribution >= 0.6 is 11.3 Å². The van der Waals surface area contributed by atoms with Gasteiger partial charge < -0.3 is 14.4 Å². The average molecular weight is 472 g/mol. The fourth-order valence-electron chi connectivity index (χ4n) is 5.05. The summed E-state index contributed by atoms with van der Waals surface area (Å²) in [5.41, 5.74) is 3.19. The largest absolute Gasteiger partial charge is 0.334 e. The van der Waals surface area contributed by atoms with Gasteiger partial charge in [0.2, 0.25) is 5.91 Å². The zero-order valence-electron chi connectivity index (χ0n) is 18.7. The minimum atomic E-state index is 0.00881. The van der Waals surface area contributed by atoms with Crippen LogP contribution in [0.25, 0.3) is 16.6 Å². The quantitative estimate of drug-likeness (QED) is 0.456. The van der Waals surface area contributed by atoms with Gasteiger partial charge in [0.25, 0.3) is 5.91 Å². The third kappa shape index (κ3) is 3.78. The second-order valence-electron chi connectivity index (χ2n) is 8.79. The minimum absolute atomic E-state index is 0.00881. The Kier molecular flexibility index (Phi) is 5.39. The van der Waals surface area contributed by atoms with Crippen LogP contribution in [0.5, 0.6) is 0 Å². The highest BCUT2D eigenvalue weighted by Crippen LogP contribution is 2.30. The van der Waals surface area contributed by atoms with E-state index >= 15 is 0 Å². The number of hydrogen-bond acceptors (Lipinski definition) is 5. The third-order valence-electron chi connectivity index (χ3n) is 6.86. The Balaban J connectivity index is 1.14. The lowest BCUT2D eigenvalue weighted by atomic mass is 10.2. The van der Waals surface area contributed by atoms with Gasteiger partial charge in [-0.25, -0.2) is 4.98 Å². The van der Waals surface area contributed by atoms with Crippen molar-refractivity contribution in [1.82, 2.24) is 19.4 Å². The van der Waals surface area contributed by atoms with E-state index < -0.39 is 0 Å². The minimum Gasteiger partial charge on any atom is -0.334 e. The molecule has 8 heteroatoms. The molecule has 4 aromatic rings. The normalized spacial score (nSPS) is 19.3. The Bertz CT molecular complexity index is 1330. The number of anilines is 1. The number of fused-ring (bicyclic) bond motifs is 1. The summed E-state index contributed by atoms with van der Waals surface area (Å²) in [4.78, 5) is 35.8. The molecular formula is C26H25N5O2S. The fourth-order valence-corrected chi connectivity index (χ4v) is 5.65. The van der Waals surface area contributed by atoms with E-state index in [1.54, 1.807) is 6.20 Å². The van der Waals surface area contributed by atoms with Crippen LogP contribution < -0.4 is 4.90 Å². The van der Waals surface area contributed by atoms with Crippen LogP contribution in [0.4, 0.5) is 5.69 Å². The molecule has 2 aromatic heterocycles. The van der Waals surface area contributed by atoms with Crippen molar-refractivity contribution in [3.63, 3.8) is 0 Å². The molecule has 0 spiro atoms. The smallest absolute Gasteiger partial charge is 0.282 e. The summed E-state index contributed by atoms with van der Waals surface area (Å²) in [6.45, 7) is 3.58. The van der Waals surface area contributed by atoms with Crippen molar-refractivity contribution in [2.24, 2.45) is 0 Å². The first kappa shape index (κ1) is 21.1. The third-order valence-corrected chi connectivity index (χ3v) is 7.62. The maximum absolute atomic E-state index is 12.9. The maximum Gasteiger partial charge on any atom is 0.282 e. The molecule has 4 heterocycles. The number of rotatable bonds is 4. The molecule has 0 bridgehead atoms. The number of amides is 2. The van der Waals surface area contributed by atoms with Crippen molar-refractivity contribution in [3.05, 3.63) is 77.4 Å². The van der Waals surface area contributed by atoms with E-state index in [-0.39, 0.29) is 17.9 Å². The number of aromatic nitrogens is 2. The Morgan fingerprint density at radius 3 is 2.56 bits per heavy atom. The summed E-state index contributed by atoms with van der Waals surface area (Å²) in [6, 6.07) is 18.8. The molecule has 7 nitrogen and oxygen atoms in total. The van der Waals surface area contributed by atoms with E-state index in [9.17, 15) is 9.59 Å². The molecule has 2 aliphatic rings. The zero-order valence-corrected chi connectivity index (χ0v) is 19.5. The molecule has 2 aromatic carbocycles. The van der Waals surface area contributed by atoms with E-state index in [4.69, 9.17) is 0 Å². The summed E-state index contributed by atoms with van der Waals surface area (Å²) in [7, 11) is 0. The zero-order chi connectivity index (χ0) is 23.1. The lowest BCUT2D eigenvalue weighted by Crippen LogP contribution is -2.52. The topological polar surface area (TPSA) is 61.7 Å². The Hall–Kier alpha value is -3.49. The Morgan fingerprint density at radius 2 is 1.79 bits per heavy atom. The van der Waals surface area contributed by atoms with Crippen molar-refractivity contribution >= 4 is 39.7 Å². The molecule has 6 rings (SSSR count). The predicted molar refractivity (Wildman–Crippen MR) is 134 cm³/mol. The molecule has 2 aliphatic heterocycles. The van der Waals surface area contributed by atoms with Gasteiger partial charge in [-0.1, -0.05) is 18.2 Å². The second kappa shape index (κ2) is 8.70. The number of para-hydroxylation sites is 1. The first-order valence-electron chi connectivity index (χ1n) is 11.6. The Morgan fingerprint density at radius 1 is 0.971 bits per heavy atom. The van der Waals surface area contributed by atoms with Crippen molar-refractivity contribution in [2.75, 3.05) is 37.6 Å². The number of benzene rings is 2. The summed E-state index contributed by atoms with van der Waals surface area (Å²) in [5.74, 6) is 0.169. The molecule has 0 radical (unpaired) electrons. The predicted octanol–water partition coefficient (Wildman–Crippen LogP) is 3.65. The molecule has 0 aliphatic carbocycles. The van der Waals surface area contributed by atoms with Gasteiger partial charge in [-0.2, -0.15) is 0 Å². The highest BCUT2D eigenvalue weighted by molar-refractivity contribution is 7.11. The van der Waals surface area contributed by atoms with Gasteiger partial charge in [0.05, 0.1) is 5.52 Å². The SMILES string of the molecule is O=C(c1nccs1)N1CCN(C2CC(=O)N(c3ccc4c(ccn4-c4ccccc4)c3)C2)CC1. The standard InChI is InChI=1S/C26H25N5O2S/c32-24-17-22(28-11-13-29(14-12-28)26(33)25-27-9-15-34-25)18-31(24)21-6-7-23-19(16-21)8-10-30(23)20-4-2-1-3-5-20/h1-10,15-16,22H,11-14,17-18H2. The molecule has 2 amide bonds. The highest BCUT2D eigenvalue weighted by Gasteiger charge is 2.36. The van der Waals surface area contributed by atoms with Crippen molar-refractivity contribution in [3.8, 4) is 5.69 Å². The van der Waals surface area contributed by atoms with E-state index in [1.165, 1.54) is 11.3 Å². The van der Waals surface area contributed by atoms with Crippen molar-refractivity contribution in [1.29, 1.82) is 0 Å². The van der Waals surface area contributed by atoms with E-state index in [0.29, 0.717) is 31.1 Å². The monoisotopic (exact) mass is 471 g/mol. The van der Waals surface area contributed by atoms with Crippen LogP contribution in [0.2, 0.25) is 0 Å². The van der Waals surface area contributed by atoms with Gasteiger partial charge in [0.15, 0.2) is 5.01 Å². The summed E-state index contributed by atoms with van der Waals surface area (Å²) >= 11 is 1.38. The molecule has 172 valence electrons. The van der Waals surface area contributed by atoms with Gasteiger partial charge in [-0.3, -0.25) is 14.5 Å². The maximum atomic E-state index is 12.9. The first-order chi connectivity index (χ1) is 16.7. The molecule has 2 fully saturated rings. The van der Waals surface area contributed by atoms with Gasteiger partial charge >= 0.3 is 0 Å². The lowest BCUT2D eigenvalue weighted by Gasteiger charge is -2.37. The summed E-state index contributed by atoms with van der Waals surface area (Å²) in [5, 5.41) is 3.50. The van der Waals surface area contributed by atoms with Gasteiger partial charge in [-0.15, -0.1) is 11.3 Å². The molecule has 0 saturated carbocycles. The highest BCUT2D eigenvalue weighted by atomic mass is 32.1. The first-order valence-corrected chi connectivity index (χ1v) is 12.4. The number of hydrogen-bond donors (Lipinski definition) is 0. The second-order valence-corrected chi connectivity index (χ2v) is 9.69. The van der Waals surface area contributed by atoms with Crippen LogP contribution in [-0.4, -0.2) is 69.9 Å². The van der Waals surface area contributed by atoms with Crippen molar-refractivity contribution in [2.45, 2.75) is 12.5 Å². The molecule has 1 atom stereocenters. The number of carbonyl (C=O) groups is 2. The van der Waals surface area contributed by atoms with Crippen LogP contribution in [0.1, 0.15) is 16.2 Å². The van der Waals surface area contributed by atoms with E-state index in [0.717, 1.165) is 35.4 Å². The average Bonchev–Trinajstić information content (AvgIpc) is 3.64. The van der Waals surface area contributed by atoms with E-state index in [1.807, 2.05) is 39.4 Å². The number of carbonyl (C=O) groups excluding carboxylic acids is 2. The van der Waals surface area contributed by atoms with E-state index in [2.05, 4.69) is 51.0 Å². The molecule has 0 N–H and O–H groups in total. The number of nitrogens with zero attached hydrogens (tertiary/aromatic N) is 5. The van der Waals surface area contributed by atoms with Crippen molar-refractivity contribution < 1.29 is 9.59 Å². The Labute approximate surface area is 201 Å². The van der Waals surface area contributed by atoms with Crippen LogP contribution in [-0.2, 0) is 4.79 Å². The van der Waals surface area contributed by atoms with Crippen LogP contribution in [0.3, 0.4) is 0 Å². The molecular weight excluding hydrogens is 446 g/mol. The van der Waals surface area contributed by atoms with Gasteiger partial charge in [0, 0.05) is 79.7 Å². The van der Waals surface area contributed by atoms with Gasteiger partial charge in [-0.05, 0) is 36.4 Å². The molecule has 1 unspecified atom stereocenters. The molecule has 34 heavy (non-hydrogen) atoms. The number of thiazole rings is 1. The van der Waals surface area contributed by atoms with Gasteiger partial charge in [0.1, 0.15) is 0 Å². The number of piperazine rings is 1. The van der Waals surface area contributed by atoms with Crippen LogP contribution in [0.15, 0.2) is 72.4 Å². The molecule has 2 saturated heterocycles. The summed E-state index contributed by atoms with van der Waals surface area (Å²) < 4.78 is 2.17. The van der Waals surface area contributed by atoms with Crippen LogP contribution in [0, 0.1) is 0 Å².